The van der Waals surface area contributed by atoms with Gasteiger partial charge in [0.05, 0.1) is 24.7 Å². The molecule has 2 aliphatic rings. The molecule has 0 bridgehead atoms. The molecule has 2 aromatic rings. The second-order valence-electron chi connectivity index (χ2n) is 10.1. The zero-order valence-corrected chi connectivity index (χ0v) is 21.7. The van der Waals surface area contributed by atoms with E-state index in [1.807, 2.05) is 30.3 Å². The topological polar surface area (TPSA) is 81.8 Å². The Balaban J connectivity index is 1.39. The van der Waals surface area contributed by atoms with Gasteiger partial charge in [0.25, 0.3) is 0 Å². The Morgan fingerprint density at radius 1 is 1.14 bits per heavy atom. The van der Waals surface area contributed by atoms with E-state index in [2.05, 4.69) is 38.6 Å². The Morgan fingerprint density at radius 3 is 2.51 bits per heavy atom. The van der Waals surface area contributed by atoms with Crippen LogP contribution in [0.5, 0.6) is 5.75 Å². The third kappa shape index (κ3) is 6.06. The molecule has 194 valence electrons. The van der Waals surface area contributed by atoms with E-state index in [1.165, 1.54) is 0 Å². The van der Waals surface area contributed by atoms with Crippen molar-refractivity contribution in [3.8, 4) is 11.8 Å². The molecule has 0 aromatic heterocycles. The maximum Gasteiger partial charge on any atom is 0.314 e. The Hall–Kier alpha value is -3.55. The number of carbonyl (C=O) groups excluding carboxylic acids is 1. The molecule has 7 heteroatoms. The molecule has 0 radical (unpaired) electrons. The van der Waals surface area contributed by atoms with Crippen molar-refractivity contribution in [2.75, 3.05) is 33.3 Å². The first-order valence-electron chi connectivity index (χ1n) is 13.4. The van der Waals surface area contributed by atoms with Gasteiger partial charge in [0.15, 0.2) is 5.69 Å². The third-order valence-electron chi connectivity index (χ3n) is 8.17. The van der Waals surface area contributed by atoms with Crippen molar-refractivity contribution in [1.29, 1.82) is 5.26 Å². The van der Waals surface area contributed by atoms with Crippen LogP contribution in [0.1, 0.15) is 44.1 Å². The Labute approximate surface area is 220 Å². The summed E-state index contributed by atoms with van der Waals surface area (Å²) in [4.78, 5) is 18.1. The van der Waals surface area contributed by atoms with Gasteiger partial charge in [-0.1, -0.05) is 48.9 Å². The second-order valence-corrected chi connectivity index (χ2v) is 10.1. The van der Waals surface area contributed by atoms with E-state index < -0.39 is 5.41 Å². The number of hydrogen-bond donors (Lipinski definition) is 2. The quantitative estimate of drug-likeness (QED) is 0.363. The van der Waals surface area contributed by atoms with E-state index in [4.69, 9.17) is 11.3 Å². The van der Waals surface area contributed by atoms with Crippen LogP contribution in [0.25, 0.3) is 4.85 Å². The molecule has 2 fully saturated rings. The summed E-state index contributed by atoms with van der Waals surface area (Å²) in [6.45, 7) is 10.6. The van der Waals surface area contributed by atoms with Crippen molar-refractivity contribution in [2.24, 2.45) is 11.8 Å². The van der Waals surface area contributed by atoms with Crippen molar-refractivity contribution < 1.29 is 9.53 Å². The fraction of sp³-hybridized carbons (Fsp3) is 0.500. The van der Waals surface area contributed by atoms with Crippen molar-refractivity contribution in [2.45, 2.75) is 50.0 Å². The summed E-state index contributed by atoms with van der Waals surface area (Å²) in [6.07, 6.45) is 5.74. The van der Waals surface area contributed by atoms with Crippen molar-refractivity contribution in [3.63, 3.8) is 0 Å². The van der Waals surface area contributed by atoms with Gasteiger partial charge in [0.1, 0.15) is 5.75 Å². The molecule has 37 heavy (non-hydrogen) atoms. The molecule has 2 aromatic carbocycles. The molecule has 2 amide bonds. The zero-order chi connectivity index (χ0) is 26.1. The van der Waals surface area contributed by atoms with E-state index in [1.54, 1.807) is 19.2 Å². The molecule has 4 rings (SSSR count). The molecule has 1 aliphatic carbocycles. The number of rotatable bonds is 9. The monoisotopic (exact) mass is 499 g/mol. The predicted molar refractivity (Wildman–Crippen MR) is 144 cm³/mol. The number of nitriles is 1. The van der Waals surface area contributed by atoms with Gasteiger partial charge >= 0.3 is 6.03 Å². The van der Waals surface area contributed by atoms with Gasteiger partial charge in [-0.15, -0.1) is 0 Å². The van der Waals surface area contributed by atoms with Gasteiger partial charge < -0.3 is 20.3 Å². The van der Waals surface area contributed by atoms with Crippen molar-refractivity contribution in [3.05, 3.63) is 71.6 Å². The van der Waals surface area contributed by atoms with E-state index >= 15 is 0 Å². The fourth-order valence-corrected chi connectivity index (χ4v) is 6.33. The van der Waals surface area contributed by atoms with Crippen LogP contribution in [0.3, 0.4) is 0 Å². The second kappa shape index (κ2) is 12.6. The Kier molecular flexibility index (Phi) is 9.04. The minimum atomic E-state index is -0.615. The number of carbonyl (C=O) groups is 1. The van der Waals surface area contributed by atoms with Crippen LogP contribution in [0, 0.1) is 29.7 Å². The summed E-state index contributed by atoms with van der Waals surface area (Å²) < 4.78 is 5.86. The molecular formula is C30H37N5O2. The highest BCUT2D eigenvalue weighted by Gasteiger charge is 2.52. The number of amides is 2. The van der Waals surface area contributed by atoms with E-state index in [9.17, 15) is 10.1 Å². The van der Waals surface area contributed by atoms with Crippen LogP contribution in [0.15, 0.2) is 54.6 Å². The number of nitrogens with zero attached hydrogens (tertiary/aromatic N) is 3. The predicted octanol–water partition coefficient (Wildman–Crippen LogP) is 5.28. The summed E-state index contributed by atoms with van der Waals surface area (Å²) >= 11 is 0. The standard InChI is InChI=1S/C30H37N5O2/c1-32-25-12-14-26(15-13-25)37-21-7-18-35-19-16-24(17-20-35)30(22-31,23-8-4-3-5-9-23)27-10-6-11-28(27)34-29(36)33-2/h3-5,8-9,12-15,24,27-28H,6-7,10-11,16-21H2,2H3,(H2,33,34,36)/t27-,28-,30?/m1/s1. The maximum absolute atomic E-state index is 12.2. The lowest BCUT2D eigenvalue weighted by atomic mass is 9.59. The van der Waals surface area contributed by atoms with Crippen LogP contribution in [-0.4, -0.2) is 50.3 Å². The molecule has 1 aliphatic heterocycles. The van der Waals surface area contributed by atoms with Gasteiger partial charge in [-0.05, 0) is 68.8 Å². The third-order valence-corrected chi connectivity index (χ3v) is 8.17. The minimum Gasteiger partial charge on any atom is -0.494 e. The molecule has 1 saturated carbocycles. The maximum atomic E-state index is 12.2. The number of benzene rings is 2. The van der Waals surface area contributed by atoms with Gasteiger partial charge in [-0.25, -0.2) is 9.64 Å². The average molecular weight is 500 g/mol. The summed E-state index contributed by atoms with van der Waals surface area (Å²) in [5, 5.41) is 16.6. The first-order chi connectivity index (χ1) is 18.1. The summed E-state index contributed by atoms with van der Waals surface area (Å²) in [7, 11) is 1.64. The molecule has 2 N–H and O–H groups in total. The molecule has 1 unspecified atom stereocenters. The normalized spacial score (nSPS) is 21.8. The molecule has 0 spiro atoms. The number of urea groups is 1. The lowest BCUT2D eigenvalue weighted by Crippen LogP contribution is -2.53. The van der Waals surface area contributed by atoms with Gasteiger partial charge in [0, 0.05) is 25.6 Å². The smallest absolute Gasteiger partial charge is 0.314 e. The Bertz CT molecular complexity index is 1100. The van der Waals surface area contributed by atoms with E-state index in [-0.39, 0.29) is 23.9 Å². The van der Waals surface area contributed by atoms with Gasteiger partial charge in [-0.3, -0.25) is 0 Å². The lowest BCUT2D eigenvalue weighted by molar-refractivity contribution is 0.107. The number of piperidine rings is 1. The first-order valence-corrected chi connectivity index (χ1v) is 13.4. The van der Waals surface area contributed by atoms with E-state index in [0.29, 0.717) is 12.3 Å². The molecule has 7 nitrogen and oxygen atoms in total. The number of ether oxygens (including phenoxy) is 1. The zero-order valence-electron chi connectivity index (χ0n) is 21.7. The summed E-state index contributed by atoms with van der Waals surface area (Å²) in [5.41, 5.74) is 1.09. The average Bonchev–Trinajstić information content (AvgIpc) is 3.41. The van der Waals surface area contributed by atoms with Crippen LogP contribution in [-0.2, 0) is 5.41 Å². The van der Waals surface area contributed by atoms with Crippen molar-refractivity contribution in [1.82, 2.24) is 15.5 Å². The largest absolute Gasteiger partial charge is 0.494 e. The van der Waals surface area contributed by atoms with E-state index in [0.717, 1.165) is 69.5 Å². The lowest BCUT2D eigenvalue weighted by Gasteiger charge is -2.46. The van der Waals surface area contributed by atoms with Crippen LogP contribution < -0.4 is 15.4 Å². The number of likely N-dealkylation sites (tertiary alicyclic amines) is 1. The van der Waals surface area contributed by atoms with Crippen LogP contribution in [0.4, 0.5) is 10.5 Å². The summed E-state index contributed by atoms with van der Waals surface area (Å²) in [6, 6.07) is 20.2. The molecule has 1 heterocycles. The highest BCUT2D eigenvalue weighted by Crippen LogP contribution is 2.50. The molecule has 3 atom stereocenters. The van der Waals surface area contributed by atoms with Crippen LogP contribution in [0.2, 0.25) is 0 Å². The number of hydrogen-bond acceptors (Lipinski definition) is 4. The summed E-state index contributed by atoms with van der Waals surface area (Å²) in [5.74, 6) is 1.13. The fourth-order valence-electron chi connectivity index (χ4n) is 6.33. The minimum absolute atomic E-state index is 0.00108. The van der Waals surface area contributed by atoms with Gasteiger partial charge in [-0.2, -0.15) is 5.26 Å². The Morgan fingerprint density at radius 2 is 1.86 bits per heavy atom. The van der Waals surface area contributed by atoms with Crippen LogP contribution >= 0.6 is 0 Å². The SMILES string of the molecule is [C-]#[N+]c1ccc(OCCCN2CCC(C(C#N)(c3ccccc3)[C@@H]3CCC[C@H]3NC(=O)NC)CC2)cc1. The number of nitrogens with one attached hydrogen (secondary N) is 2. The van der Waals surface area contributed by atoms with Crippen molar-refractivity contribution >= 4 is 11.7 Å². The van der Waals surface area contributed by atoms with Gasteiger partial charge in [0.2, 0.25) is 0 Å². The molecule has 1 saturated heterocycles. The molecular weight excluding hydrogens is 462 g/mol. The highest BCUT2D eigenvalue weighted by atomic mass is 16.5. The first kappa shape index (κ1) is 26.5. The highest BCUT2D eigenvalue weighted by molar-refractivity contribution is 5.74.